The van der Waals surface area contributed by atoms with Crippen LogP contribution in [0.5, 0.6) is 0 Å². The van der Waals surface area contributed by atoms with E-state index in [-0.39, 0.29) is 0 Å². The van der Waals surface area contributed by atoms with Crippen molar-refractivity contribution in [3.8, 4) is 0 Å². The summed E-state index contributed by atoms with van der Waals surface area (Å²) in [6.45, 7) is 4.42. The first kappa shape index (κ1) is 13.8. The Balaban J connectivity index is 1.34. The van der Waals surface area contributed by atoms with E-state index >= 15 is 0 Å². The van der Waals surface area contributed by atoms with E-state index in [1.54, 1.807) is 0 Å². The molecule has 1 aromatic carbocycles. The molecule has 2 aliphatic heterocycles. The summed E-state index contributed by atoms with van der Waals surface area (Å²) in [6.07, 6.45) is 5.44. The molecule has 1 radical (unpaired) electrons. The Morgan fingerprint density at radius 2 is 2.32 bits per heavy atom. The topological polar surface area (TPSA) is 41.3 Å². The van der Waals surface area contributed by atoms with E-state index in [4.69, 9.17) is 4.52 Å². The van der Waals surface area contributed by atoms with Crippen molar-refractivity contribution in [1.29, 1.82) is 0 Å². The molecule has 3 heterocycles. The molecule has 0 bridgehead atoms. The van der Waals surface area contributed by atoms with E-state index in [0.717, 1.165) is 43.8 Å². The van der Waals surface area contributed by atoms with Gasteiger partial charge >= 0.3 is 0 Å². The van der Waals surface area contributed by atoms with Crippen LogP contribution in [0.1, 0.15) is 29.9 Å². The monoisotopic (exact) mass is 296 g/mol. The van der Waals surface area contributed by atoms with Crippen LogP contribution in [0.3, 0.4) is 0 Å². The van der Waals surface area contributed by atoms with Gasteiger partial charge < -0.3 is 14.7 Å². The molecule has 0 spiro atoms. The summed E-state index contributed by atoms with van der Waals surface area (Å²) in [5.41, 5.74) is 3.84. The maximum Gasteiger partial charge on any atom is 0.139 e. The van der Waals surface area contributed by atoms with Crippen molar-refractivity contribution >= 4 is 5.69 Å². The number of hydrogen-bond acceptors (Lipinski definition) is 4. The fraction of sp³-hybridized carbons (Fsp3) is 0.444. The number of rotatable bonds is 5. The van der Waals surface area contributed by atoms with Crippen molar-refractivity contribution in [2.75, 3.05) is 18.0 Å². The van der Waals surface area contributed by atoms with E-state index in [1.807, 2.05) is 0 Å². The molecule has 115 valence electrons. The molecular formula is C18H22N3O. The average molecular weight is 296 g/mol. The smallest absolute Gasteiger partial charge is 0.139 e. The standard InChI is InChI=1S/C18H22N3O/c1-2-6-18-14(4-1)7-10-21(18)11-8-17-13-16(20-22-17)12-15-5-3-9-19-15/h1-2,4,6,11,13,15,19H,3,5,7-10,12H2/t15-/m0/s1. The van der Waals surface area contributed by atoms with Gasteiger partial charge in [0.2, 0.25) is 0 Å². The zero-order valence-corrected chi connectivity index (χ0v) is 12.8. The third-order valence-electron chi connectivity index (χ3n) is 4.66. The van der Waals surface area contributed by atoms with Gasteiger partial charge in [-0.3, -0.25) is 0 Å². The van der Waals surface area contributed by atoms with Crippen LogP contribution in [0.25, 0.3) is 0 Å². The predicted molar refractivity (Wildman–Crippen MR) is 86.7 cm³/mol. The number of hydrogen-bond donors (Lipinski definition) is 1. The van der Waals surface area contributed by atoms with Crippen LogP contribution in [0, 0.1) is 6.54 Å². The minimum atomic E-state index is 0.576. The van der Waals surface area contributed by atoms with Crippen LogP contribution in [0.2, 0.25) is 0 Å². The van der Waals surface area contributed by atoms with Gasteiger partial charge in [0.05, 0.1) is 12.2 Å². The van der Waals surface area contributed by atoms with Crippen LogP contribution >= 0.6 is 0 Å². The SMILES string of the molecule is [CH](Cc1cc(C[C@@H]2CCCN2)no1)N1CCc2ccccc21. The third-order valence-corrected chi connectivity index (χ3v) is 4.66. The largest absolute Gasteiger partial charge is 0.365 e. The highest BCUT2D eigenvalue weighted by molar-refractivity contribution is 5.59. The Kier molecular flexibility index (Phi) is 3.85. The van der Waals surface area contributed by atoms with Gasteiger partial charge in [0.25, 0.3) is 0 Å². The maximum atomic E-state index is 5.49. The van der Waals surface area contributed by atoms with E-state index < -0.39 is 0 Å². The lowest BCUT2D eigenvalue weighted by molar-refractivity contribution is 0.378. The third kappa shape index (κ3) is 2.88. The van der Waals surface area contributed by atoms with Gasteiger partial charge in [0, 0.05) is 37.2 Å². The van der Waals surface area contributed by atoms with E-state index in [9.17, 15) is 0 Å². The normalized spacial score (nSPS) is 20.5. The van der Waals surface area contributed by atoms with Gasteiger partial charge in [-0.25, -0.2) is 0 Å². The number of benzene rings is 1. The summed E-state index contributed by atoms with van der Waals surface area (Å²) in [6, 6.07) is 11.3. The molecule has 0 aliphatic carbocycles. The van der Waals surface area contributed by atoms with E-state index in [1.165, 1.54) is 24.1 Å². The average Bonchev–Trinajstić information content (AvgIpc) is 3.26. The number of nitrogens with zero attached hydrogens (tertiary/aromatic N) is 2. The van der Waals surface area contributed by atoms with E-state index in [0.29, 0.717) is 6.04 Å². The first-order valence-electron chi connectivity index (χ1n) is 8.24. The molecule has 0 unspecified atom stereocenters. The maximum absolute atomic E-state index is 5.49. The molecule has 1 N–H and O–H groups in total. The van der Waals surface area contributed by atoms with Gasteiger partial charge in [-0.05, 0) is 37.4 Å². The van der Waals surface area contributed by atoms with Gasteiger partial charge in [-0.1, -0.05) is 23.4 Å². The zero-order chi connectivity index (χ0) is 14.8. The van der Waals surface area contributed by atoms with Crippen LogP contribution in [-0.4, -0.2) is 24.3 Å². The molecule has 0 saturated carbocycles. The fourth-order valence-electron chi connectivity index (χ4n) is 3.49. The molecular weight excluding hydrogens is 274 g/mol. The second-order valence-corrected chi connectivity index (χ2v) is 6.24. The summed E-state index contributed by atoms with van der Waals surface area (Å²) < 4.78 is 5.49. The van der Waals surface area contributed by atoms with Crippen LogP contribution < -0.4 is 10.2 Å². The number of para-hydroxylation sites is 1. The Labute approximate surface area is 131 Å². The molecule has 1 fully saturated rings. The van der Waals surface area contributed by atoms with Gasteiger partial charge in [-0.15, -0.1) is 0 Å². The molecule has 1 saturated heterocycles. The summed E-state index contributed by atoms with van der Waals surface area (Å²) >= 11 is 0. The van der Waals surface area contributed by atoms with Crippen LogP contribution in [-0.2, 0) is 19.3 Å². The van der Waals surface area contributed by atoms with E-state index in [2.05, 4.69) is 52.2 Å². The lowest BCUT2D eigenvalue weighted by atomic mass is 10.1. The van der Waals surface area contributed by atoms with Gasteiger partial charge in [-0.2, -0.15) is 0 Å². The minimum Gasteiger partial charge on any atom is -0.365 e. The molecule has 1 aromatic heterocycles. The van der Waals surface area contributed by atoms with Crippen molar-refractivity contribution < 1.29 is 4.52 Å². The second kappa shape index (κ2) is 6.13. The van der Waals surface area contributed by atoms with Crippen LogP contribution in [0.4, 0.5) is 5.69 Å². The quantitative estimate of drug-likeness (QED) is 0.921. The second-order valence-electron chi connectivity index (χ2n) is 6.24. The molecule has 2 aromatic rings. The Hall–Kier alpha value is -1.81. The van der Waals surface area contributed by atoms with Crippen LogP contribution in [0.15, 0.2) is 34.9 Å². The lowest BCUT2D eigenvalue weighted by Gasteiger charge is -2.17. The summed E-state index contributed by atoms with van der Waals surface area (Å²) in [5, 5.41) is 7.72. The van der Waals surface area contributed by atoms with Gasteiger partial charge in [0.1, 0.15) is 5.76 Å². The first-order valence-corrected chi connectivity index (χ1v) is 8.24. The number of anilines is 1. The highest BCUT2D eigenvalue weighted by Gasteiger charge is 2.20. The number of nitrogens with one attached hydrogen (secondary N) is 1. The highest BCUT2D eigenvalue weighted by Crippen LogP contribution is 2.28. The van der Waals surface area contributed by atoms with Crippen molar-refractivity contribution in [1.82, 2.24) is 10.5 Å². The molecule has 22 heavy (non-hydrogen) atoms. The molecule has 4 heteroatoms. The molecule has 1 atom stereocenters. The molecule has 0 amide bonds. The molecule has 4 rings (SSSR count). The van der Waals surface area contributed by atoms with Crippen molar-refractivity contribution in [2.24, 2.45) is 0 Å². The zero-order valence-electron chi connectivity index (χ0n) is 12.8. The molecule has 4 nitrogen and oxygen atoms in total. The van der Waals surface area contributed by atoms with Crippen molar-refractivity contribution in [3.05, 3.63) is 53.9 Å². The van der Waals surface area contributed by atoms with Gasteiger partial charge in [0.15, 0.2) is 0 Å². The summed E-state index contributed by atoms with van der Waals surface area (Å²) in [5.74, 6) is 0.956. The Morgan fingerprint density at radius 1 is 1.36 bits per heavy atom. The predicted octanol–water partition coefficient (Wildman–Crippen LogP) is 2.74. The minimum absolute atomic E-state index is 0.576. The van der Waals surface area contributed by atoms with Crippen molar-refractivity contribution in [3.63, 3.8) is 0 Å². The number of aromatic nitrogens is 1. The fourth-order valence-corrected chi connectivity index (χ4v) is 3.49. The number of fused-ring (bicyclic) bond motifs is 1. The Bertz CT molecular complexity index is 631. The lowest BCUT2D eigenvalue weighted by Crippen LogP contribution is -2.23. The Morgan fingerprint density at radius 3 is 3.23 bits per heavy atom. The van der Waals surface area contributed by atoms with Crippen molar-refractivity contribution in [2.45, 2.75) is 38.1 Å². The summed E-state index contributed by atoms with van der Waals surface area (Å²) in [4.78, 5) is 2.33. The first-order chi connectivity index (χ1) is 10.9. The summed E-state index contributed by atoms with van der Waals surface area (Å²) in [7, 11) is 0. The highest BCUT2D eigenvalue weighted by atomic mass is 16.5. The molecule has 2 aliphatic rings.